The molecule has 1 saturated carbocycles. The summed E-state index contributed by atoms with van der Waals surface area (Å²) >= 11 is 12.3. The SMILES string of the molecule is CC(C)CC(=O)c1cnc2ccc(-c3cc(Cl)c(O)c(Cl)c3)cc2c1NC1CCC(NC(=O)O)CC1. The van der Waals surface area contributed by atoms with Gasteiger partial charge in [-0.1, -0.05) is 43.1 Å². The van der Waals surface area contributed by atoms with Gasteiger partial charge in [0.1, 0.15) is 0 Å². The molecule has 0 aliphatic heterocycles. The van der Waals surface area contributed by atoms with E-state index in [4.69, 9.17) is 28.3 Å². The molecule has 36 heavy (non-hydrogen) atoms. The fraction of sp³-hybridized carbons (Fsp3) is 0.370. The van der Waals surface area contributed by atoms with Crippen molar-refractivity contribution in [2.24, 2.45) is 5.92 Å². The molecule has 4 N–H and O–H groups in total. The van der Waals surface area contributed by atoms with Crippen LogP contribution in [0.15, 0.2) is 36.5 Å². The lowest BCUT2D eigenvalue weighted by molar-refractivity contribution is 0.0968. The van der Waals surface area contributed by atoms with Crippen molar-refractivity contribution in [1.82, 2.24) is 10.3 Å². The number of phenols is 1. The molecule has 1 fully saturated rings. The van der Waals surface area contributed by atoms with Gasteiger partial charge in [0.15, 0.2) is 11.5 Å². The molecule has 3 aromatic rings. The van der Waals surface area contributed by atoms with Gasteiger partial charge < -0.3 is 20.8 Å². The molecule has 0 atom stereocenters. The van der Waals surface area contributed by atoms with Crippen LogP contribution in [0.25, 0.3) is 22.0 Å². The molecule has 1 aromatic heterocycles. The van der Waals surface area contributed by atoms with Crippen molar-refractivity contribution in [3.8, 4) is 16.9 Å². The van der Waals surface area contributed by atoms with Crippen molar-refractivity contribution in [3.05, 3.63) is 52.1 Å². The number of carbonyl (C=O) groups is 2. The van der Waals surface area contributed by atoms with Crippen molar-refractivity contribution in [2.45, 2.75) is 58.0 Å². The first-order chi connectivity index (χ1) is 17.1. The topological polar surface area (TPSA) is 112 Å². The fourth-order valence-corrected chi connectivity index (χ4v) is 5.20. The number of nitrogens with one attached hydrogen (secondary N) is 2. The summed E-state index contributed by atoms with van der Waals surface area (Å²) in [5.41, 5.74) is 3.56. The van der Waals surface area contributed by atoms with Crippen LogP contribution in [0.4, 0.5) is 10.5 Å². The molecular weight excluding hydrogens is 501 g/mol. The Hall–Kier alpha value is -3.03. The smallest absolute Gasteiger partial charge is 0.404 e. The molecule has 0 radical (unpaired) electrons. The van der Waals surface area contributed by atoms with Crippen LogP contribution < -0.4 is 10.6 Å². The largest absolute Gasteiger partial charge is 0.505 e. The maximum absolute atomic E-state index is 13.2. The number of carboxylic acid groups (broad SMARTS) is 1. The maximum Gasteiger partial charge on any atom is 0.404 e. The lowest BCUT2D eigenvalue weighted by Gasteiger charge is -2.30. The van der Waals surface area contributed by atoms with E-state index in [9.17, 15) is 14.7 Å². The number of nitrogens with zero attached hydrogens (tertiary/aromatic N) is 1. The highest BCUT2D eigenvalue weighted by molar-refractivity contribution is 6.37. The molecule has 190 valence electrons. The molecule has 7 nitrogen and oxygen atoms in total. The van der Waals surface area contributed by atoms with Crippen LogP contribution in [-0.2, 0) is 0 Å². The number of halogens is 2. The number of ketones is 1. The molecule has 1 aliphatic rings. The van der Waals surface area contributed by atoms with Gasteiger partial charge in [-0.15, -0.1) is 0 Å². The minimum atomic E-state index is -1.00. The third-order valence-corrected chi connectivity index (χ3v) is 7.09. The van der Waals surface area contributed by atoms with Gasteiger partial charge >= 0.3 is 6.09 Å². The van der Waals surface area contributed by atoms with Crippen LogP contribution in [0.2, 0.25) is 10.0 Å². The number of fused-ring (bicyclic) bond motifs is 1. The van der Waals surface area contributed by atoms with E-state index in [0.717, 1.165) is 53.4 Å². The Morgan fingerprint density at radius 2 is 1.67 bits per heavy atom. The molecule has 1 aliphatic carbocycles. The summed E-state index contributed by atoms with van der Waals surface area (Å²) in [5, 5.41) is 26.3. The minimum Gasteiger partial charge on any atom is -0.505 e. The van der Waals surface area contributed by atoms with E-state index >= 15 is 0 Å². The summed E-state index contributed by atoms with van der Waals surface area (Å²) in [6.07, 6.45) is 4.03. The number of aromatic hydroxyl groups is 1. The lowest BCUT2D eigenvalue weighted by Crippen LogP contribution is -2.39. The Kier molecular flexibility index (Phi) is 7.91. The number of benzene rings is 2. The predicted molar refractivity (Wildman–Crippen MR) is 143 cm³/mol. The lowest BCUT2D eigenvalue weighted by atomic mass is 9.90. The molecule has 9 heteroatoms. The standard InChI is InChI=1S/C27H29Cl2N3O4/c1-14(2)9-24(33)20-13-30-23-8-3-15(16-11-21(28)26(34)22(29)12-16)10-19(23)25(20)31-17-4-6-18(7-5-17)32-27(35)36/h3,8,10-14,17-18,32,34H,4-7,9H2,1-2H3,(H,30,31)(H,35,36). The Morgan fingerprint density at radius 3 is 2.28 bits per heavy atom. The number of carbonyl (C=O) groups excluding carboxylic acids is 1. The van der Waals surface area contributed by atoms with Crippen molar-refractivity contribution in [2.75, 3.05) is 5.32 Å². The number of Topliss-reactive ketones (excluding diaryl/α,β-unsaturated/α-hetero) is 1. The highest BCUT2D eigenvalue weighted by Crippen LogP contribution is 2.38. The maximum atomic E-state index is 13.2. The van der Waals surface area contributed by atoms with Crippen molar-refractivity contribution >= 4 is 51.7 Å². The molecule has 4 rings (SSSR count). The Bertz CT molecular complexity index is 1280. The average Bonchev–Trinajstić information content (AvgIpc) is 2.82. The third kappa shape index (κ3) is 5.85. The van der Waals surface area contributed by atoms with E-state index in [0.29, 0.717) is 12.0 Å². The monoisotopic (exact) mass is 529 g/mol. The van der Waals surface area contributed by atoms with Gasteiger partial charge in [0.2, 0.25) is 0 Å². The summed E-state index contributed by atoms with van der Waals surface area (Å²) in [4.78, 5) is 28.8. The Morgan fingerprint density at radius 1 is 1.03 bits per heavy atom. The van der Waals surface area contributed by atoms with E-state index in [2.05, 4.69) is 15.6 Å². The van der Waals surface area contributed by atoms with Gasteiger partial charge in [-0.3, -0.25) is 9.78 Å². The molecule has 1 heterocycles. The van der Waals surface area contributed by atoms with Crippen molar-refractivity contribution in [3.63, 3.8) is 0 Å². The first kappa shape index (κ1) is 26.0. The first-order valence-corrected chi connectivity index (χ1v) is 12.8. The highest BCUT2D eigenvalue weighted by atomic mass is 35.5. The van der Waals surface area contributed by atoms with Gasteiger partial charge in [-0.05, 0) is 67.0 Å². The molecule has 0 saturated heterocycles. The molecule has 0 spiro atoms. The number of hydrogen-bond acceptors (Lipinski definition) is 5. The number of pyridine rings is 1. The van der Waals surface area contributed by atoms with Crippen LogP contribution in [0.1, 0.15) is 56.3 Å². The minimum absolute atomic E-state index is 0.0178. The van der Waals surface area contributed by atoms with E-state index in [1.165, 1.54) is 0 Å². The van der Waals surface area contributed by atoms with E-state index in [1.54, 1.807) is 18.3 Å². The molecule has 1 amide bonds. The highest BCUT2D eigenvalue weighted by Gasteiger charge is 2.25. The zero-order chi connectivity index (χ0) is 26.0. The normalized spacial score (nSPS) is 17.8. The molecular formula is C27H29Cl2N3O4. The van der Waals surface area contributed by atoms with Crippen LogP contribution in [0.3, 0.4) is 0 Å². The van der Waals surface area contributed by atoms with Gasteiger partial charge in [0, 0.05) is 30.1 Å². The van der Waals surface area contributed by atoms with Crippen molar-refractivity contribution in [1.29, 1.82) is 0 Å². The zero-order valence-electron chi connectivity index (χ0n) is 20.1. The van der Waals surface area contributed by atoms with E-state index < -0.39 is 6.09 Å². The number of hydrogen-bond donors (Lipinski definition) is 4. The summed E-state index contributed by atoms with van der Waals surface area (Å²) < 4.78 is 0. The second-order valence-electron chi connectivity index (χ2n) is 9.73. The van der Waals surface area contributed by atoms with Gasteiger partial charge in [0.05, 0.1) is 26.8 Å². The molecule has 0 bridgehead atoms. The number of amides is 1. The first-order valence-electron chi connectivity index (χ1n) is 12.0. The summed E-state index contributed by atoms with van der Waals surface area (Å²) in [5.74, 6) is 0.0527. The third-order valence-electron chi connectivity index (χ3n) is 6.52. The summed E-state index contributed by atoms with van der Waals surface area (Å²) in [6.45, 7) is 4.01. The quantitative estimate of drug-likeness (QED) is 0.242. The number of anilines is 1. The number of phenolic OH excluding ortho intramolecular Hbond substituents is 1. The predicted octanol–water partition coefficient (Wildman–Crippen LogP) is 7.13. The number of rotatable bonds is 7. The fourth-order valence-electron chi connectivity index (χ4n) is 4.71. The average molecular weight is 530 g/mol. The second-order valence-corrected chi connectivity index (χ2v) is 10.5. The molecule has 0 unspecified atom stereocenters. The Balaban J connectivity index is 1.75. The number of aromatic nitrogens is 1. The molecule has 2 aromatic carbocycles. The van der Waals surface area contributed by atoms with Gasteiger partial charge in [0.25, 0.3) is 0 Å². The van der Waals surface area contributed by atoms with E-state index in [1.807, 2.05) is 32.0 Å². The Labute approximate surface area is 219 Å². The second kappa shape index (κ2) is 10.9. The summed E-state index contributed by atoms with van der Waals surface area (Å²) in [6, 6.07) is 9.06. The van der Waals surface area contributed by atoms with Gasteiger partial charge in [-0.25, -0.2) is 4.79 Å². The van der Waals surface area contributed by atoms with Gasteiger partial charge in [-0.2, -0.15) is 0 Å². The van der Waals surface area contributed by atoms with Crippen molar-refractivity contribution < 1.29 is 19.8 Å². The van der Waals surface area contributed by atoms with Crippen LogP contribution in [-0.4, -0.2) is 39.2 Å². The van der Waals surface area contributed by atoms with Crippen LogP contribution in [0.5, 0.6) is 5.75 Å². The summed E-state index contributed by atoms with van der Waals surface area (Å²) in [7, 11) is 0. The van der Waals surface area contributed by atoms with Crippen LogP contribution >= 0.6 is 23.2 Å². The zero-order valence-corrected chi connectivity index (χ0v) is 21.7. The van der Waals surface area contributed by atoms with Crippen LogP contribution in [0, 0.1) is 5.92 Å². The van der Waals surface area contributed by atoms with E-state index in [-0.39, 0.29) is 39.6 Å².